The Hall–Kier alpha value is -1.59. The number of hydrogen-bond donors (Lipinski definition) is 2. The van der Waals surface area contributed by atoms with Gasteiger partial charge in [0.15, 0.2) is 0 Å². The van der Waals surface area contributed by atoms with Gasteiger partial charge in [-0.1, -0.05) is 20.3 Å². The van der Waals surface area contributed by atoms with Gasteiger partial charge in [0.2, 0.25) is 17.8 Å². The van der Waals surface area contributed by atoms with Gasteiger partial charge in [0.25, 0.3) is 0 Å². The van der Waals surface area contributed by atoms with Gasteiger partial charge in [0.05, 0.1) is 0 Å². The molecular formula is C14H26N6. The van der Waals surface area contributed by atoms with E-state index in [-0.39, 0.29) is 0 Å². The highest BCUT2D eigenvalue weighted by Crippen LogP contribution is 2.19. The normalized spacial score (nSPS) is 17.9. The summed E-state index contributed by atoms with van der Waals surface area (Å²) < 4.78 is 0. The van der Waals surface area contributed by atoms with E-state index >= 15 is 0 Å². The first-order valence-electron chi connectivity index (χ1n) is 7.59. The second-order valence-electron chi connectivity index (χ2n) is 5.55. The van der Waals surface area contributed by atoms with E-state index in [0.29, 0.717) is 23.9 Å². The van der Waals surface area contributed by atoms with Gasteiger partial charge >= 0.3 is 0 Å². The number of anilines is 3. The molecular weight excluding hydrogens is 252 g/mol. The lowest BCUT2D eigenvalue weighted by Crippen LogP contribution is -2.26. The summed E-state index contributed by atoms with van der Waals surface area (Å²) in [5.41, 5.74) is 0. The van der Waals surface area contributed by atoms with Gasteiger partial charge in [0, 0.05) is 26.2 Å². The summed E-state index contributed by atoms with van der Waals surface area (Å²) in [6.07, 6.45) is 3.57. The number of nitrogens with one attached hydrogen (secondary N) is 2. The van der Waals surface area contributed by atoms with Crippen LogP contribution in [0, 0.1) is 5.92 Å². The van der Waals surface area contributed by atoms with Crippen molar-refractivity contribution in [1.82, 2.24) is 15.0 Å². The highest BCUT2D eigenvalue weighted by Gasteiger charge is 2.18. The van der Waals surface area contributed by atoms with Crippen molar-refractivity contribution in [3.63, 3.8) is 0 Å². The quantitative estimate of drug-likeness (QED) is 0.832. The lowest BCUT2D eigenvalue weighted by molar-refractivity contribution is 0.492. The van der Waals surface area contributed by atoms with Crippen LogP contribution in [0.25, 0.3) is 0 Å². The Morgan fingerprint density at radius 1 is 1.10 bits per heavy atom. The Labute approximate surface area is 121 Å². The molecule has 0 bridgehead atoms. The van der Waals surface area contributed by atoms with Crippen LogP contribution < -0.4 is 15.5 Å². The lowest BCUT2D eigenvalue weighted by atomic mass is 10.0. The summed E-state index contributed by atoms with van der Waals surface area (Å²) in [6, 6.07) is 0.346. The average Bonchev–Trinajstić information content (AvgIpc) is 3.00. The first kappa shape index (κ1) is 14.8. The molecule has 0 saturated carbocycles. The smallest absolute Gasteiger partial charge is 0.231 e. The van der Waals surface area contributed by atoms with E-state index in [9.17, 15) is 0 Å². The molecule has 2 unspecified atom stereocenters. The fourth-order valence-corrected chi connectivity index (χ4v) is 2.30. The van der Waals surface area contributed by atoms with Crippen LogP contribution in [0.2, 0.25) is 0 Å². The van der Waals surface area contributed by atoms with Crippen molar-refractivity contribution in [2.75, 3.05) is 35.7 Å². The molecule has 1 aromatic rings. The zero-order valence-electron chi connectivity index (χ0n) is 13.0. The minimum Gasteiger partial charge on any atom is -0.357 e. The number of nitrogens with zero attached hydrogens (tertiary/aromatic N) is 4. The van der Waals surface area contributed by atoms with Crippen LogP contribution >= 0.6 is 0 Å². The van der Waals surface area contributed by atoms with Gasteiger partial charge in [-0.3, -0.25) is 0 Å². The summed E-state index contributed by atoms with van der Waals surface area (Å²) in [7, 11) is 1.84. The van der Waals surface area contributed by atoms with Crippen molar-refractivity contribution in [2.45, 2.75) is 46.1 Å². The molecule has 2 N–H and O–H groups in total. The first-order valence-corrected chi connectivity index (χ1v) is 7.59. The third-order valence-corrected chi connectivity index (χ3v) is 4.09. The van der Waals surface area contributed by atoms with E-state index in [1.165, 1.54) is 12.8 Å². The molecule has 6 nitrogen and oxygen atoms in total. The molecule has 1 saturated heterocycles. The molecule has 20 heavy (non-hydrogen) atoms. The highest BCUT2D eigenvalue weighted by atomic mass is 15.3. The van der Waals surface area contributed by atoms with Crippen LogP contribution in [-0.4, -0.2) is 41.1 Å². The van der Waals surface area contributed by atoms with Crippen molar-refractivity contribution < 1.29 is 0 Å². The van der Waals surface area contributed by atoms with Crippen LogP contribution in [0.1, 0.15) is 40.0 Å². The van der Waals surface area contributed by atoms with Crippen molar-refractivity contribution in [1.29, 1.82) is 0 Å². The average molecular weight is 278 g/mol. The Kier molecular flexibility index (Phi) is 4.98. The molecule has 6 heteroatoms. The fourth-order valence-electron chi connectivity index (χ4n) is 2.30. The Balaban J connectivity index is 2.17. The van der Waals surface area contributed by atoms with Gasteiger partial charge in [0.1, 0.15) is 0 Å². The molecule has 1 aliphatic heterocycles. The summed E-state index contributed by atoms with van der Waals surface area (Å²) in [5, 5.41) is 6.42. The molecule has 112 valence electrons. The molecule has 0 aromatic carbocycles. The lowest BCUT2D eigenvalue weighted by Gasteiger charge is -2.21. The summed E-state index contributed by atoms with van der Waals surface area (Å²) in [5.74, 6) is 2.65. The van der Waals surface area contributed by atoms with E-state index in [2.05, 4.69) is 51.3 Å². The van der Waals surface area contributed by atoms with Crippen molar-refractivity contribution in [3.05, 3.63) is 0 Å². The minimum absolute atomic E-state index is 0.346. The molecule has 0 spiro atoms. The van der Waals surface area contributed by atoms with Gasteiger partial charge in [-0.05, 0) is 25.7 Å². The summed E-state index contributed by atoms with van der Waals surface area (Å²) >= 11 is 0. The second kappa shape index (κ2) is 6.72. The Morgan fingerprint density at radius 3 is 2.35 bits per heavy atom. The second-order valence-corrected chi connectivity index (χ2v) is 5.55. The zero-order chi connectivity index (χ0) is 14.5. The maximum Gasteiger partial charge on any atom is 0.231 e. The third-order valence-electron chi connectivity index (χ3n) is 4.09. The van der Waals surface area contributed by atoms with E-state index in [4.69, 9.17) is 0 Å². The first-order chi connectivity index (χ1) is 9.63. The SMILES string of the molecule is CCC(C)C(C)Nc1nc(NC)nc(N2CCCC2)n1. The maximum atomic E-state index is 4.57. The van der Waals surface area contributed by atoms with Crippen LogP contribution in [0.4, 0.5) is 17.8 Å². The molecule has 2 heterocycles. The van der Waals surface area contributed by atoms with Crippen LogP contribution in [0.15, 0.2) is 0 Å². The van der Waals surface area contributed by atoms with Crippen molar-refractivity contribution in [3.8, 4) is 0 Å². The topological polar surface area (TPSA) is 66.0 Å². The van der Waals surface area contributed by atoms with Crippen LogP contribution in [0.3, 0.4) is 0 Å². The summed E-state index contributed by atoms with van der Waals surface area (Å²) in [6.45, 7) is 8.68. The van der Waals surface area contributed by atoms with Gasteiger partial charge in [-0.2, -0.15) is 15.0 Å². The molecule has 1 aliphatic rings. The molecule has 2 rings (SSSR count). The van der Waals surface area contributed by atoms with Crippen molar-refractivity contribution >= 4 is 17.8 Å². The molecule has 0 amide bonds. The highest BCUT2D eigenvalue weighted by molar-refractivity contribution is 5.44. The molecule has 1 aromatic heterocycles. The van der Waals surface area contributed by atoms with Crippen molar-refractivity contribution in [2.24, 2.45) is 5.92 Å². The Bertz CT molecular complexity index is 430. The molecule has 1 fully saturated rings. The van der Waals surface area contributed by atoms with Gasteiger partial charge in [-0.15, -0.1) is 0 Å². The predicted molar refractivity (Wildman–Crippen MR) is 83.4 cm³/mol. The third kappa shape index (κ3) is 3.49. The fraction of sp³-hybridized carbons (Fsp3) is 0.786. The van der Waals surface area contributed by atoms with Crippen LogP contribution in [0.5, 0.6) is 0 Å². The predicted octanol–water partition coefficient (Wildman–Crippen LogP) is 2.36. The van der Waals surface area contributed by atoms with Gasteiger partial charge < -0.3 is 15.5 Å². The van der Waals surface area contributed by atoms with E-state index < -0.39 is 0 Å². The number of aromatic nitrogens is 3. The number of rotatable bonds is 6. The van der Waals surface area contributed by atoms with Gasteiger partial charge in [-0.25, -0.2) is 0 Å². The number of hydrogen-bond acceptors (Lipinski definition) is 6. The maximum absolute atomic E-state index is 4.57. The monoisotopic (exact) mass is 278 g/mol. The van der Waals surface area contributed by atoms with Crippen LogP contribution in [-0.2, 0) is 0 Å². The van der Waals surface area contributed by atoms with E-state index in [1.807, 2.05) is 7.05 Å². The molecule has 0 radical (unpaired) electrons. The zero-order valence-corrected chi connectivity index (χ0v) is 13.0. The minimum atomic E-state index is 0.346. The Morgan fingerprint density at radius 2 is 1.75 bits per heavy atom. The molecule has 0 aliphatic carbocycles. The standard InChI is InChI=1S/C14H26N6/c1-5-10(2)11(3)16-13-17-12(15-4)18-14(19-13)20-8-6-7-9-20/h10-11H,5-9H2,1-4H3,(H2,15,16,17,18,19). The summed E-state index contributed by atoms with van der Waals surface area (Å²) in [4.78, 5) is 15.7. The largest absolute Gasteiger partial charge is 0.357 e. The molecule has 2 atom stereocenters. The van der Waals surface area contributed by atoms with E-state index in [0.717, 1.165) is 25.5 Å². The van der Waals surface area contributed by atoms with E-state index in [1.54, 1.807) is 0 Å².